The molecule has 1 aliphatic rings. The molecule has 0 bridgehead atoms. The summed E-state index contributed by atoms with van der Waals surface area (Å²) in [5, 5.41) is 19.9. The van der Waals surface area contributed by atoms with Gasteiger partial charge in [-0.1, -0.05) is 24.3 Å². The number of fused-ring (bicyclic) bond motifs is 2. The standard InChI is InChI=1S/C16H12O4/c1-8(17)13-9-4-2-6-11(18)14(9)16(20)15-10(13)5-3-7-12(15)19/h2-7,13,18-19H,1H3. The van der Waals surface area contributed by atoms with E-state index in [1.165, 1.54) is 19.1 Å². The Morgan fingerprint density at radius 3 is 1.80 bits per heavy atom. The minimum absolute atomic E-state index is 0.0988. The van der Waals surface area contributed by atoms with Crippen molar-refractivity contribution in [2.75, 3.05) is 0 Å². The van der Waals surface area contributed by atoms with Crippen molar-refractivity contribution >= 4 is 11.6 Å². The third-order valence-electron chi connectivity index (χ3n) is 3.63. The number of hydrogen-bond donors (Lipinski definition) is 2. The van der Waals surface area contributed by atoms with Crippen LogP contribution in [0.1, 0.15) is 39.9 Å². The molecule has 0 saturated heterocycles. The van der Waals surface area contributed by atoms with Crippen molar-refractivity contribution in [1.29, 1.82) is 0 Å². The van der Waals surface area contributed by atoms with Gasteiger partial charge in [-0.25, -0.2) is 0 Å². The van der Waals surface area contributed by atoms with Crippen LogP contribution < -0.4 is 0 Å². The normalized spacial score (nSPS) is 13.8. The number of Topliss-reactive ketones (excluding diaryl/α,β-unsaturated/α-hetero) is 1. The number of rotatable bonds is 1. The van der Waals surface area contributed by atoms with Crippen LogP contribution in [-0.4, -0.2) is 21.8 Å². The quantitative estimate of drug-likeness (QED) is 0.832. The number of benzene rings is 2. The summed E-state index contributed by atoms with van der Waals surface area (Å²) < 4.78 is 0. The molecule has 0 aromatic heterocycles. The number of phenols is 2. The summed E-state index contributed by atoms with van der Waals surface area (Å²) in [4.78, 5) is 24.5. The summed E-state index contributed by atoms with van der Waals surface area (Å²) in [6.07, 6.45) is 0. The van der Waals surface area contributed by atoms with Crippen LogP contribution in [0.15, 0.2) is 36.4 Å². The molecule has 0 atom stereocenters. The smallest absolute Gasteiger partial charge is 0.201 e. The molecule has 0 fully saturated rings. The third-order valence-corrected chi connectivity index (χ3v) is 3.63. The van der Waals surface area contributed by atoms with Crippen molar-refractivity contribution in [3.63, 3.8) is 0 Å². The summed E-state index contributed by atoms with van der Waals surface area (Å²) in [5.41, 5.74) is 1.17. The summed E-state index contributed by atoms with van der Waals surface area (Å²) in [7, 11) is 0. The van der Waals surface area contributed by atoms with Gasteiger partial charge in [-0.3, -0.25) is 9.59 Å². The van der Waals surface area contributed by atoms with E-state index in [0.717, 1.165) is 0 Å². The van der Waals surface area contributed by atoms with Gasteiger partial charge in [-0.2, -0.15) is 0 Å². The first-order chi connectivity index (χ1) is 9.52. The molecule has 0 spiro atoms. The molecular formula is C16H12O4. The lowest BCUT2D eigenvalue weighted by Crippen LogP contribution is -2.23. The first-order valence-corrected chi connectivity index (χ1v) is 6.21. The highest BCUT2D eigenvalue weighted by atomic mass is 16.3. The molecule has 0 radical (unpaired) electrons. The largest absolute Gasteiger partial charge is 0.507 e. The maximum atomic E-state index is 12.5. The van der Waals surface area contributed by atoms with Crippen molar-refractivity contribution in [2.24, 2.45) is 0 Å². The van der Waals surface area contributed by atoms with Crippen LogP contribution in [0.5, 0.6) is 11.5 Å². The Bertz CT molecular complexity index is 691. The monoisotopic (exact) mass is 268 g/mol. The zero-order valence-electron chi connectivity index (χ0n) is 10.8. The maximum absolute atomic E-state index is 12.5. The van der Waals surface area contributed by atoms with Gasteiger partial charge < -0.3 is 10.2 Å². The minimum atomic E-state index is -0.642. The van der Waals surface area contributed by atoms with E-state index in [2.05, 4.69) is 0 Å². The van der Waals surface area contributed by atoms with Crippen molar-refractivity contribution in [3.05, 3.63) is 58.7 Å². The van der Waals surface area contributed by atoms with Gasteiger partial charge in [0, 0.05) is 0 Å². The van der Waals surface area contributed by atoms with Gasteiger partial charge >= 0.3 is 0 Å². The second-order valence-corrected chi connectivity index (χ2v) is 4.86. The predicted octanol–water partition coefficient (Wildman–Crippen LogP) is 2.36. The van der Waals surface area contributed by atoms with E-state index < -0.39 is 11.7 Å². The first-order valence-electron chi connectivity index (χ1n) is 6.21. The van der Waals surface area contributed by atoms with Crippen molar-refractivity contribution in [1.82, 2.24) is 0 Å². The molecule has 20 heavy (non-hydrogen) atoms. The number of carbonyl (C=O) groups is 2. The average Bonchev–Trinajstić information content (AvgIpc) is 2.38. The van der Waals surface area contributed by atoms with Gasteiger partial charge in [-0.15, -0.1) is 0 Å². The third kappa shape index (κ3) is 1.54. The highest BCUT2D eigenvalue weighted by Crippen LogP contribution is 2.42. The SMILES string of the molecule is CC(=O)C1c2cccc(O)c2C(=O)c2c(O)cccc21. The van der Waals surface area contributed by atoms with E-state index in [9.17, 15) is 19.8 Å². The lowest BCUT2D eigenvalue weighted by atomic mass is 9.75. The van der Waals surface area contributed by atoms with Crippen molar-refractivity contribution in [2.45, 2.75) is 12.8 Å². The second-order valence-electron chi connectivity index (χ2n) is 4.86. The van der Waals surface area contributed by atoms with Crippen LogP contribution in [0.25, 0.3) is 0 Å². The van der Waals surface area contributed by atoms with Crippen molar-refractivity contribution < 1.29 is 19.8 Å². The summed E-state index contributed by atoms with van der Waals surface area (Å²) in [6, 6.07) is 9.33. The zero-order valence-corrected chi connectivity index (χ0v) is 10.8. The molecule has 0 unspecified atom stereocenters. The van der Waals surface area contributed by atoms with Crippen LogP contribution >= 0.6 is 0 Å². The molecule has 0 aliphatic heterocycles. The van der Waals surface area contributed by atoms with Gasteiger partial charge in [0.2, 0.25) is 5.78 Å². The Kier molecular flexibility index (Phi) is 2.61. The van der Waals surface area contributed by atoms with Crippen LogP contribution in [-0.2, 0) is 4.79 Å². The van der Waals surface area contributed by atoms with E-state index in [-0.39, 0.29) is 28.4 Å². The lowest BCUT2D eigenvalue weighted by Gasteiger charge is -2.26. The first kappa shape index (κ1) is 12.4. The molecule has 3 rings (SSSR count). The Morgan fingerprint density at radius 1 is 0.950 bits per heavy atom. The highest BCUT2D eigenvalue weighted by Gasteiger charge is 2.36. The number of ketones is 2. The summed E-state index contributed by atoms with van der Waals surface area (Å²) >= 11 is 0. The molecule has 2 N–H and O–H groups in total. The minimum Gasteiger partial charge on any atom is -0.507 e. The molecule has 0 saturated carbocycles. The fourth-order valence-corrected chi connectivity index (χ4v) is 2.82. The fraction of sp³-hybridized carbons (Fsp3) is 0.125. The predicted molar refractivity (Wildman–Crippen MR) is 72.2 cm³/mol. The summed E-state index contributed by atoms with van der Waals surface area (Å²) in [6.45, 7) is 1.43. The van der Waals surface area contributed by atoms with E-state index in [1.54, 1.807) is 24.3 Å². The molecule has 1 aliphatic carbocycles. The van der Waals surface area contributed by atoms with Gasteiger partial charge in [0.05, 0.1) is 17.0 Å². The Morgan fingerprint density at radius 2 is 1.40 bits per heavy atom. The topological polar surface area (TPSA) is 74.6 Å². The van der Waals surface area contributed by atoms with Crippen LogP contribution in [0.2, 0.25) is 0 Å². The number of aromatic hydroxyl groups is 2. The molecular weight excluding hydrogens is 256 g/mol. The maximum Gasteiger partial charge on any atom is 0.201 e. The van der Waals surface area contributed by atoms with E-state index in [4.69, 9.17) is 0 Å². The van der Waals surface area contributed by atoms with Gasteiger partial charge in [0.1, 0.15) is 17.3 Å². The number of carbonyl (C=O) groups excluding carboxylic acids is 2. The summed E-state index contributed by atoms with van der Waals surface area (Å²) in [5.74, 6) is -1.59. The van der Waals surface area contributed by atoms with Crippen LogP contribution in [0, 0.1) is 0 Å². The average molecular weight is 268 g/mol. The van der Waals surface area contributed by atoms with E-state index in [0.29, 0.717) is 11.1 Å². The Labute approximate surface area is 115 Å². The van der Waals surface area contributed by atoms with E-state index in [1.807, 2.05) is 0 Å². The fourth-order valence-electron chi connectivity index (χ4n) is 2.82. The molecule has 4 nitrogen and oxygen atoms in total. The second kappa shape index (κ2) is 4.20. The van der Waals surface area contributed by atoms with Crippen LogP contribution in [0.4, 0.5) is 0 Å². The van der Waals surface area contributed by atoms with Crippen molar-refractivity contribution in [3.8, 4) is 11.5 Å². The molecule has 4 heteroatoms. The molecule has 100 valence electrons. The molecule has 2 aromatic carbocycles. The molecule has 0 amide bonds. The Balaban J connectivity index is 2.40. The van der Waals surface area contributed by atoms with Gasteiger partial charge in [0.15, 0.2) is 0 Å². The number of hydrogen-bond acceptors (Lipinski definition) is 4. The van der Waals surface area contributed by atoms with Crippen LogP contribution in [0.3, 0.4) is 0 Å². The zero-order chi connectivity index (χ0) is 14.4. The number of phenolic OH excluding ortho intramolecular Hbond substituents is 2. The molecule has 2 aromatic rings. The van der Waals surface area contributed by atoms with Gasteiger partial charge in [0.25, 0.3) is 0 Å². The molecule has 0 heterocycles. The van der Waals surface area contributed by atoms with Gasteiger partial charge in [-0.05, 0) is 30.2 Å². The lowest BCUT2D eigenvalue weighted by molar-refractivity contribution is -0.117. The Hall–Kier alpha value is -2.62. The highest BCUT2D eigenvalue weighted by molar-refractivity contribution is 6.17. The van der Waals surface area contributed by atoms with E-state index >= 15 is 0 Å².